The molecule has 6 heteroatoms. The van der Waals surface area contributed by atoms with Gasteiger partial charge in [-0.25, -0.2) is 4.79 Å². The Labute approximate surface area is 115 Å². The molecule has 0 bridgehead atoms. The number of esters is 1. The Morgan fingerprint density at radius 1 is 1.53 bits per heavy atom. The maximum Gasteiger partial charge on any atom is 0.340 e. The van der Waals surface area contributed by atoms with Crippen LogP contribution in [0.3, 0.4) is 0 Å². The lowest BCUT2D eigenvalue weighted by Crippen LogP contribution is -2.09. The van der Waals surface area contributed by atoms with Crippen molar-refractivity contribution in [2.75, 3.05) is 18.2 Å². The van der Waals surface area contributed by atoms with Gasteiger partial charge >= 0.3 is 5.97 Å². The number of methoxy groups -OCH3 is 1. The van der Waals surface area contributed by atoms with Gasteiger partial charge in [-0.2, -0.15) is 0 Å². The zero-order valence-electron chi connectivity index (χ0n) is 10.3. The SMILES string of the molecule is COC(=O)c1cc(N)cc(Cl)c1NCc1ccco1. The van der Waals surface area contributed by atoms with Crippen molar-refractivity contribution in [1.82, 2.24) is 0 Å². The largest absolute Gasteiger partial charge is 0.467 e. The van der Waals surface area contributed by atoms with Crippen LogP contribution in [0.2, 0.25) is 5.02 Å². The van der Waals surface area contributed by atoms with Crippen molar-refractivity contribution in [2.24, 2.45) is 0 Å². The number of anilines is 2. The molecule has 0 radical (unpaired) electrons. The number of nitrogens with one attached hydrogen (secondary N) is 1. The van der Waals surface area contributed by atoms with Crippen LogP contribution in [0.25, 0.3) is 0 Å². The highest BCUT2D eigenvalue weighted by Crippen LogP contribution is 2.30. The van der Waals surface area contributed by atoms with Gasteiger partial charge in [0.1, 0.15) is 5.76 Å². The first-order chi connectivity index (χ1) is 9.11. The first kappa shape index (κ1) is 13.3. The van der Waals surface area contributed by atoms with Crippen LogP contribution < -0.4 is 11.1 Å². The molecular weight excluding hydrogens is 268 g/mol. The van der Waals surface area contributed by atoms with Gasteiger partial charge in [-0.05, 0) is 24.3 Å². The Bertz CT molecular complexity index is 582. The van der Waals surface area contributed by atoms with E-state index < -0.39 is 5.97 Å². The van der Waals surface area contributed by atoms with E-state index in [9.17, 15) is 4.79 Å². The van der Waals surface area contributed by atoms with Crippen molar-refractivity contribution >= 4 is 28.9 Å². The molecular formula is C13H13ClN2O3. The minimum Gasteiger partial charge on any atom is -0.467 e. The maximum absolute atomic E-state index is 11.7. The molecule has 2 rings (SSSR count). The van der Waals surface area contributed by atoms with Crippen molar-refractivity contribution in [3.63, 3.8) is 0 Å². The molecule has 0 saturated carbocycles. The van der Waals surface area contributed by atoms with Gasteiger partial charge in [-0.1, -0.05) is 11.6 Å². The molecule has 0 unspecified atom stereocenters. The number of nitrogens with two attached hydrogens (primary N) is 1. The predicted molar refractivity (Wildman–Crippen MR) is 73.2 cm³/mol. The van der Waals surface area contributed by atoms with Crippen molar-refractivity contribution in [1.29, 1.82) is 0 Å². The summed E-state index contributed by atoms with van der Waals surface area (Å²) in [6, 6.07) is 6.68. The van der Waals surface area contributed by atoms with Gasteiger partial charge in [-0.3, -0.25) is 0 Å². The first-order valence-corrected chi connectivity index (χ1v) is 5.93. The number of benzene rings is 1. The molecule has 0 fully saturated rings. The lowest BCUT2D eigenvalue weighted by molar-refractivity contribution is 0.0602. The summed E-state index contributed by atoms with van der Waals surface area (Å²) in [5.41, 5.74) is 6.83. The van der Waals surface area contributed by atoms with Crippen molar-refractivity contribution in [3.8, 4) is 0 Å². The topological polar surface area (TPSA) is 77.5 Å². The fourth-order valence-corrected chi connectivity index (χ4v) is 1.96. The van der Waals surface area contributed by atoms with Gasteiger partial charge in [0.2, 0.25) is 0 Å². The van der Waals surface area contributed by atoms with Crippen LogP contribution >= 0.6 is 11.6 Å². The van der Waals surface area contributed by atoms with Crippen molar-refractivity contribution < 1.29 is 13.9 Å². The summed E-state index contributed by atoms with van der Waals surface area (Å²) >= 11 is 6.09. The number of carbonyl (C=O) groups excluding carboxylic acids is 1. The highest BCUT2D eigenvalue weighted by Gasteiger charge is 2.16. The van der Waals surface area contributed by atoms with E-state index in [2.05, 4.69) is 5.32 Å². The Kier molecular flexibility index (Phi) is 3.97. The summed E-state index contributed by atoms with van der Waals surface area (Å²) in [5, 5.41) is 3.40. The third-order valence-electron chi connectivity index (χ3n) is 2.54. The number of nitrogen functional groups attached to an aromatic ring is 1. The molecule has 1 heterocycles. The summed E-state index contributed by atoms with van der Waals surface area (Å²) < 4.78 is 9.91. The molecule has 19 heavy (non-hydrogen) atoms. The smallest absolute Gasteiger partial charge is 0.340 e. The lowest BCUT2D eigenvalue weighted by Gasteiger charge is -2.12. The third-order valence-corrected chi connectivity index (χ3v) is 2.84. The van der Waals surface area contributed by atoms with Crippen molar-refractivity contribution in [2.45, 2.75) is 6.54 Å². The minimum absolute atomic E-state index is 0.291. The lowest BCUT2D eigenvalue weighted by atomic mass is 10.1. The summed E-state index contributed by atoms with van der Waals surface area (Å²) in [6.07, 6.45) is 1.57. The molecule has 0 spiro atoms. The van der Waals surface area contributed by atoms with Crippen LogP contribution in [0.5, 0.6) is 0 Å². The summed E-state index contributed by atoms with van der Waals surface area (Å²) in [5.74, 6) is 0.222. The van der Waals surface area contributed by atoms with Gasteiger partial charge in [-0.15, -0.1) is 0 Å². The van der Waals surface area contributed by atoms with Crippen molar-refractivity contribution in [3.05, 3.63) is 46.9 Å². The van der Waals surface area contributed by atoms with Gasteiger partial charge in [0, 0.05) is 5.69 Å². The Balaban J connectivity index is 2.29. The zero-order valence-corrected chi connectivity index (χ0v) is 11.0. The number of hydrogen-bond donors (Lipinski definition) is 2. The van der Waals surface area contributed by atoms with E-state index in [1.807, 2.05) is 6.07 Å². The highest BCUT2D eigenvalue weighted by atomic mass is 35.5. The average molecular weight is 281 g/mol. The predicted octanol–water partition coefficient (Wildman–Crippen LogP) is 2.91. The number of furan rings is 1. The molecule has 0 aliphatic carbocycles. The Morgan fingerprint density at radius 3 is 2.95 bits per heavy atom. The molecule has 5 nitrogen and oxygen atoms in total. The Hall–Kier alpha value is -2.14. The van der Waals surface area contributed by atoms with E-state index in [4.69, 9.17) is 26.5 Å². The molecule has 0 saturated heterocycles. The second-order valence-electron chi connectivity index (χ2n) is 3.85. The normalized spacial score (nSPS) is 10.2. The van der Waals surface area contributed by atoms with Gasteiger partial charge < -0.3 is 20.2 Å². The third kappa shape index (κ3) is 3.00. The van der Waals surface area contributed by atoms with E-state index in [1.54, 1.807) is 18.4 Å². The zero-order chi connectivity index (χ0) is 13.8. The second-order valence-corrected chi connectivity index (χ2v) is 4.26. The van der Waals surface area contributed by atoms with Gasteiger partial charge in [0.15, 0.2) is 0 Å². The second kappa shape index (κ2) is 5.67. The van der Waals surface area contributed by atoms with Crippen LogP contribution in [0, 0.1) is 0 Å². The molecule has 0 amide bonds. The molecule has 0 aliphatic heterocycles. The van der Waals surface area contributed by atoms with Crippen LogP contribution in [0.4, 0.5) is 11.4 Å². The van der Waals surface area contributed by atoms with E-state index in [0.29, 0.717) is 28.5 Å². The first-order valence-electron chi connectivity index (χ1n) is 5.55. The molecule has 1 aromatic heterocycles. The minimum atomic E-state index is -0.504. The van der Waals surface area contributed by atoms with E-state index in [1.165, 1.54) is 13.2 Å². The van der Waals surface area contributed by atoms with E-state index >= 15 is 0 Å². The maximum atomic E-state index is 11.7. The Morgan fingerprint density at radius 2 is 2.32 bits per heavy atom. The fraction of sp³-hybridized carbons (Fsp3) is 0.154. The van der Waals surface area contributed by atoms with E-state index in [0.717, 1.165) is 5.76 Å². The number of halogens is 1. The van der Waals surface area contributed by atoms with Crippen LogP contribution in [0.1, 0.15) is 16.1 Å². The van der Waals surface area contributed by atoms with Crippen LogP contribution in [0.15, 0.2) is 34.9 Å². The monoisotopic (exact) mass is 280 g/mol. The number of ether oxygens (including phenoxy) is 1. The number of rotatable bonds is 4. The number of hydrogen-bond acceptors (Lipinski definition) is 5. The number of carbonyl (C=O) groups is 1. The molecule has 0 atom stereocenters. The summed E-state index contributed by atoms with van der Waals surface area (Å²) in [6.45, 7) is 0.403. The quantitative estimate of drug-likeness (QED) is 0.665. The van der Waals surface area contributed by atoms with Gasteiger partial charge in [0.05, 0.1) is 36.2 Å². The molecule has 3 N–H and O–H groups in total. The standard InChI is InChI=1S/C13H13ClN2O3/c1-18-13(17)10-5-8(15)6-11(14)12(10)16-7-9-3-2-4-19-9/h2-6,16H,7,15H2,1H3. The molecule has 1 aromatic carbocycles. The molecule has 100 valence electrons. The average Bonchev–Trinajstić information content (AvgIpc) is 2.89. The summed E-state index contributed by atoms with van der Waals surface area (Å²) in [7, 11) is 1.30. The van der Waals surface area contributed by atoms with Crippen LogP contribution in [-0.4, -0.2) is 13.1 Å². The van der Waals surface area contributed by atoms with E-state index in [-0.39, 0.29) is 0 Å². The molecule has 0 aliphatic rings. The molecule has 2 aromatic rings. The fourth-order valence-electron chi connectivity index (χ4n) is 1.67. The highest BCUT2D eigenvalue weighted by molar-refractivity contribution is 6.34. The summed E-state index contributed by atoms with van der Waals surface area (Å²) in [4.78, 5) is 11.7. The van der Waals surface area contributed by atoms with Crippen LogP contribution in [-0.2, 0) is 11.3 Å². The van der Waals surface area contributed by atoms with Gasteiger partial charge in [0.25, 0.3) is 0 Å².